The van der Waals surface area contributed by atoms with Crippen LogP contribution in [0.15, 0.2) is 12.2 Å². The van der Waals surface area contributed by atoms with Crippen LogP contribution in [0.4, 0.5) is 0 Å². The molecule has 0 amide bonds. The Morgan fingerprint density at radius 3 is 1.45 bits per heavy atom. The SMILES string of the molecule is C=C(C(=O)O)C(C(=O)O)(C(C)C(=O)OC1CCCC1)C(C)C(=O)OC1CCCC1. The van der Waals surface area contributed by atoms with Crippen molar-refractivity contribution in [3.63, 3.8) is 0 Å². The second-order valence-corrected chi connectivity index (χ2v) is 8.09. The predicted octanol–water partition coefficient (Wildman–Crippen LogP) is 2.94. The van der Waals surface area contributed by atoms with Crippen LogP contribution < -0.4 is 0 Å². The Balaban J connectivity index is 2.35. The minimum atomic E-state index is -2.38. The van der Waals surface area contributed by atoms with Gasteiger partial charge in [-0.05, 0) is 51.4 Å². The molecule has 0 heterocycles. The molecule has 2 aliphatic carbocycles. The first kappa shape index (κ1) is 22.9. The summed E-state index contributed by atoms with van der Waals surface area (Å²) < 4.78 is 10.9. The third kappa shape index (κ3) is 4.62. The summed E-state index contributed by atoms with van der Waals surface area (Å²) in [6.45, 7) is 5.98. The maximum Gasteiger partial charge on any atom is 0.332 e. The van der Waals surface area contributed by atoms with Crippen molar-refractivity contribution in [3.05, 3.63) is 12.2 Å². The van der Waals surface area contributed by atoms with Gasteiger partial charge in [0.05, 0.1) is 11.8 Å². The van der Waals surface area contributed by atoms with Gasteiger partial charge in [-0.1, -0.05) is 20.4 Å². The third-order valence-electron chi connectivity index (χ3n) is 6.35. The Hall–Kier alpha value is -2.38. The molecule has 2 rings (SSSR count). The topological polar surface area (TPSA) is 127 Å². The minimum Gasteiger partial charge on any atom is -0.481 e. The number of carboxylic acids is 2. The Morgan fingerprint density at radius 1 is 0.828 bits per heavy atom. The fourth-order valence-electron chi connectivity index (χ4n) is 4.49. The Morgan fingerprint density at radius 2 is 1.17 bits per heavy atom. The molecular formula is C21H30O8. The van der Waals surface area contributed by atoms with Crippen molar-refractivity contribution in [2.45, 2.75) is 77.4 Å². The predicted molar refractivity (Wildman–Crippen MR) is 102 cm³/mol. The summed E-state index contributed by atoms with van der Waals surface area (Å²) in [7, 11) is 0. The number of carbonyl (C=O) groups is 4. The van der Waals surface area contributed by atoms with Gasteiger partial charge in [0.1, 0.15) is 17.6 Å². The van der Waals surface area contributed by atoms with E-state index in [9.17, 15) is 29.4 Å². The molecular weight excluding hydrogens is 380 g/mol. The summed E-state index contributed by atoms with van der Waals surface area (Å²) in [6.07, 6.45) is 5.69. The van der Waals surface area contributed by atoms with E-state index in [0.717, 1.165) is 25.7 Å². The van der Waals surface area contributed by atoms with Gasteiger partial charge in [-0.25, -0.2) is 4.79 Å². The van der Waals surface area contributed by atoms with Crippen LogP contribution in [0.1, 0.15) is 65.2 Å². The number of ether oxygens (including phenoxy) is 2. The quantitative estimate of drug-likeness (QED) is 0.439. The van der Waals surface area contributed by atoms with Gasteiger partial charge < -0.3 is 19.7 Å². The van der Waals surface area contributed by atoms with E-state index >= 15 is 0 Å². The van der Waals surface area contributed by atoms with Crippen LogP contribution in [-0.4, -0.2) is 46.3 Å². The lowest BCUT2D eigenvalue weighted by Crippen LogP contribution is -2.52. The van der Waals surface area contributed by atoms with E-state index in [1.807, 2.05) is 0 Å². The molecule has 0 aromatic heterocycles. The lowest BCUT2D eigenvalue weighted by atomic mass is 9.63. The van der Waals surface area contributed by atoms with E-state index in [0.29, 0.717) is 25.7 Å². The first-order chi connectivity index (χ1) is 13.6. The largest absolute Gasteiger partial charge is 0.481 e. The van der Waals surface area contributed by atoms with Crippen LogP contribution in [-0.2, 0) is 28.7 Å². The highest BCUT2D eigenvalue weighted by molar-refractivity contribution is 6.01. The fraction of sp³-hybridized carbons (Fsp3) is 0.714. The van der Waals surface area contributed by atoms with Crippen LogP contribution in [0, 0.1) is 17.3 Å². The van der Waals surface area contributed by atoms with Gasteiger partial charge in [-0.2, -0.15) is 0 Å². The molecule has 2 fully saturated rings. The van der Waals surface area contributed by atoms with Crippen LogP contribution in [0.3, 0.4) is 0 Å². The molecule has 2 N–H and O–H groups in total. The number of hydrogen-bond acceptors (Lipinski definition) is 6. The molecule has 0 aliphatic heterocycles. The molecule has 0 bridgehead atoms. The summed E-state index contributed by atoms with van der Waals surface area (Å²) >= 11 is 0. The van der Waals surface area contributed by atoms with Gasteiger partial charge in [0, 0.05) is 5.57 Å². The lowest BCUT2D eigenvalue weighted by Gasteiger charge is -2.38. The van der Waals surface area contributed by atoms with Crippen molar-refractivity contribution in [3.8, 4) is 0 Å². The summed E-state index contributed by atoms with van der Waals surface area (Å²) in [5.41, 5.74) is -3.12. The Kier molecular flexibility index (Phi) is 7.43. The van der Waals surface area contributed by atoms with Gasteiger partial charge in [-0.15, -0.1) is 0 Å². The van der Waals surface area contributed by atoms with Gasteiger partial charge in [-0.3, -0.25) is 14.4 Å². The summed E-state index contributed by atoms with van der Waals surface area (Å²) in [5, 5.41) is 19.6. The second-order valence-electron chi connectivity index (χ2n) is 8.09. The maximum absolute atomic E-state index is 12.8. The van der Waals surface area contributed by atoms with Crippen molar-refractivity contribution < 1.29 is 38.9 Å². The molecule has 8 nitrogen and oxygen atoms in total. The Labute approximate surface area is 170 Å². The molecule has 2 aliphatic rings. The molecule has 0 aromatic carbocycles. The molecule has 0 saturated heterocycles. The lowest BCUT2D eigenvalue weighted by molar-refractivity contribution is -0.177. The van der Waals surface area contributed by atoms with E-state index < -0.39 is 46.7 Å². The van der Waals surface area contributed by atoms with Gasteiger partial charge in [0.25, 0.3) is 0 Å². The zero-order valence-electron chi connectivity index (χ0n) is 17.0. The van der Waals surface area contributed by atoms with Crippen LogP contribution in [0.25, 0.3) is 0 Å². The highest BCUT2D eigenvalue weighted by atomic mass is 16.5. The van der Waals surface area contributed by atoms with Crippen molar-refractivity contribution in [1.29, 1.82) is 0 Å². The van der Waals surface area contributed by atoms with Crippen LogP contribution >= 0.6 is 0 Å². The molecule has 162 valence electrons. The van der Waals surface area contributed by atoms with E-state index in [1.54, 1.807) is 0 Å². The number of carboxylic acid groups (broad SMARTS) is 2. The molecule has 29 heavy (non-hydrogen) atoms. The van der Waals surface area contributed by atoms with Crippen molar-refractivity contribution >= 4 is 23.9 Å². The second kappa shape index (κ2) is 9.41. The van der Waals surface area contributed by atoms with E-state index in [2.05, 4.69) is 6.58 Å². The Bertz CT molecular complexity index is 634. The van der Waals surface area contributed by atoms with Gasteiger partial charge in [0.2, 0.25) is 0 Å². The zero-order valence-corrected chi connectivity index (χ0v) is 17.0. The van der Waals surface area contributed by atoms with Crippen molar-refractivity contribution in [2.75, 3.05) is 0 Å². The summed E-state index contributed by atoms with van der Waals surface area (Å²) in [5.74, 6) is -7.76. The highest BCUT2D eigenvalue weighted by Gasteiger charge is 2.59. The normalized spacial score (nSPS) is 21.7. The smallest absolute Gasteiger partial charge is 0.332 e. The molecule has 8 heteroatoms. The minimum absolute atomic E-state index is 0.324. The fourth-order valence-corrected chi connectivity index (χ4v) is 4.49. The number of hydrogen-bond donors (Lipinski definition) is 2. The molecule has 0 aromatic rings. The zero-order chi connectivity index (χ0) is 21.8. The standard InChI is InChI=1S/C21H30O8/c1-12(17(22)23)21(20(26)27,13(2)18(24)28-15-8-4-5-9-15)14(3)19(25)29-16-10-6-7-11-16/h13-16H,1,4-11H2,2-3H3,(H,22,23)(H,26,27). The molecule has 0 spiro atoms. The summed E-state index contributed by atoms with van der Waals surface area (Å²) in [6, 6.07) is 0. The number of carbonyl (C=O) groups excluding carboxylic acids is 2. The molecule has 2 saturated carbocycles. The molecule has 2 unspecified atom stereocenters. The number of rotatable bonds is 9. The van der Waals surface area contributed by atoms with Gasteiger partial charge in [0.15, 0.2) is 0 Å². The molecule has 0 radical (unpaired) electrons. The molecule has 2 atom stereocenters. The maximum atomic E-state index is 12.8. The van der Waals surface area contributed by atoms with Crippen LogP contribution in [0.5, 0.6) is 0 Å². The average molecular weight is 410 g/mol. The summed E-state index contributed by atoms with van der Waals surface area (Å²) in [4.78, 5) is 49.7. The first-order valence-electron chi connectivity index (χ1n) is 10.2. The number of aliphatic carboxylic acids is 2. The van der Waals surface area contributed by atoms with Gasteiger partial charge >= 0.3 is 23.9 Å². The third-order valence-corrected chi connectivity index (χ3v) is 6.35. The van der Waals surface area contributed by atoms with E-state index in [-0.39, 0.29) is 12.2 Å². The number of esters is 2. The van der Waals surface area contributed by atoms with E-state index in [4.69, 9.17) is 9.47 Å². The average Bonchev–Trinajstić information content (AvgIpc) is 3.35. The highest BCUT2D eigenvalue weighted by Crippen LogP contribution is 2.45. The van der Waals surface area contributed by atoms with E-state index in [1.165, 1.54) is 13.8 Å². The van der Waals surface area contributed by atoms with Crippen molar-refractivity contribution in [1.82, 2.24) is 0 Å². The van der Waals surface area contributed by atoms with Crippen LogP contribution in [0.2, 0.25) is 0 Å². The van der Waals surface area contributed by atoms with Crippen molar-refractivity contribution in [2.24, 2.45) is 17.3 Å². The monoisotopic (exact) mass is 410 g/mol. The first-order valence-corrected chi connectivity index (χ1v) is 10.2.